The number of sulfonamides is 1. The number of nitrogens with one attached hydrogen (secondary N) is 1. The summed E-state index contributed by atoms with van der Waals surface area (Å²) in [5.41, 5.74) is 0. The quantitative estimate of drug-likeness (QED) is 0.790. The zero-order chi connectivity index (χ0) is 16.9. The van der Waals surface area contributed by atoms with Gasteiger partial charge in [0.2, 0.25) is 10.0 Å². The number of ether oxygens (including phenoxy) is 2. The molecular weight excluding hydrogens is 334 g/mol. The van der Waals surface area contributed by atoms with Crippen LogP contribution in [0.25, 0.3) is 0 Å². The average molecular weight is 355 g/mol. The van der Waals surface area contributed by atoms with Gasteiger partial charge in [0.1, 0.15) is 11.9 Å². The first-order valence-electron chi connectivity index (χ1n) is 7.28. The van der Waals surface area contributed by atoms with Crippen LogP contribution < -0.4 is 9.46 Å². The minimum Gasteiger partial charge on any atom is -0.494 e. The molecule has 1 aromatic carbocycles. The van der Waals surface area contributed by atoms with Crippen molar-refractivity contribution in [1.82, 2.24) is 4.72 Å². The van der Waals surface area contributed by atoms with E-state index in [1.54, 1.807) is 30.6 Å². The minimum atomic E-state index is -3.58. The van der Waals surface area contributed by atoms with Gasteiger partial charge >= 0.3 is 0 Å². The zero-order valence-corrected chi connectivity index (χ0v) is 15.0. The summed E-state index contributed by atoms with van der Waals surface area (Å²) in [4.78, 5) is 2.37. The molecule has 2 rings (SSSR count). The first kappa shape index (κ1) is 17.9. The van der Waals surface area contributed by atoms with E-state index in [0.29, 0.717) is 12.4 Å². The fourth-order valence-corrected chi connectivity index (χ4v) is 4.06. The van der Waals surface area contributed by atoms with Crippen LogP contribution in [0.2, 0.25) is 0 Å². The molecule has 1 N–H and O–H groups in total. The second-order valence-electron chi connectivity index (χ2n) is 4.93. The Labute approximate surface area is 141 Å². The molecule has 0 amide bonds. The van der Waals surface area contributed by atoms with Gasteiger partial charge in [-0.1, -0.05) is 0 Å². The van der Waals surface area contributed by atoms with Crippen LogP contribution in [-0.4, -0.2) is 28.7 Å². The number of hydrogen-bond donors (Lipinski definition) is 1. The van der Waals surface area contributed by atoms with Crippen LogP contribution in [-0.2, 0) is 14.8 Å². The Balaban J connectivity index is 2.05. The van der Waals surface area contributed by atoms with E-state index >= 15 is 0 Å². The minimum absolute atomic E-state index is 0.187. The Hall–Kier alpha value is -1.41. The first-order chi connectivity index (χ1) is 11.0. The highest BCUT2D eigenvalue weighted by atomic mass is 32.2. The summed E-state index contributed by atoms with van der Waals surface area (Å²) >= 11 is 1.60. The van der Waals surface area contributed by atoms with Gasteiger partial charge in [0.05, 0.1) is 11.5 Å². The number of methoxy groups -OCH3 is 1. The van der Waals surface area contributed by atoms with E-state index in [1.807, 2.05) is 26.0 Å². The lowest BCUT2D eigenvalue weighted by Crippen LogP contribution is -2.29. The predicted molar refractivity (Wildman–Crippen MR) is 91.6 cm³/mol. The highest BCUT2D eigenvalue weighted by Gasteiger charge is 2.19. The molecule has 23 heavy (non-hydrogen) atoms. The molecule has 0 aliphatic carbocycles. The molecule has 0 aliphatic heterocycles. The van der Waals surface area contributed by atoms with Gasteiger partial charge in [0, 0.05) is 23.4 Å². The maximum absolute atomic E-state index is 12.4. The van der Waals surface area contributed by atoms with Gasteiger partial charge in [-0.3, -0.25) is 0 Å². The number of aryl methyl sites for hydroxylation is 1. The predicted octanol–water partition coefficient (Wildman–Crippen LogP) is 3.12. The Kier molecular flexibility index (Phi) is 6.17. The van der Waals surface area contributed by atoms with E-state index in [-0.39, 0.29) is 17.5 Å². The monoisotopic (exact) mass is 355 g/mol. The van der Waals surface area contributed by atoms with Crippen LogP contribution in [0, 0.1) is 6.92 Å². The van der Waals surface area contributed by atoms with E-state index in [9.17, 15) is 8.42 Å². The smallest absolute Gasteiger partial charge is 0.240 e. The van der Waals surface area contributed by atoms with Gasteiger partial charge in [-0.15, -0.1) is 11.3 Å². The van der Waals surface area contributed by atoms with Gasteiger partial charge in [-0.05, 0) is 50.2 Å². The van der Waals surface area contributed by atoms with Crippen molar-refractivity contribution in [3.8, 4) is 5.75 Å². The molecule has 7 heteroatoms. The van der Waals surface area contributed by atoms with Crippen molar-refractivity contribution in [2.75, 3.05) is 20.3 Å². The lowest BCUT2D eigenvalue weighted by Gasteiger charge is -2.15. The summed E-state index contributed by atoms with van der Waals surface area (Å²) in [5.74, 6) is 0.648. The number of thiophene rings is 1. The van der Waals surface area contributed by atoms with E-state index in [0.717, 1.165) is 9.75 Å². The molecule has 5 nitrogen and oxygen atoms in total. The second kappa shape index (κ2) is 7.92. The lowest BCUT2D eigenvalue weighted by atomic mass is 10.3. The summed E-state index contributed by atoms with van der Waals surface area (Å²) < 4.78 is 38.0. The number of benzene rings is 1. The summed E-state index contributed by atoms with van der Waals surface area (Å²) in [6.07, 6.45) is -0.300. The molecule has 1 heterocycles. The molecule has 126 valence electrons. The maximum Gasteiger partial charge on any atom is 0.240 e. The van der Waals surface area contributed by atoms with Crippen LogP contribution in [0.3, 0.4) is 0 Å². The molecule has 1 aromatic heterocycles. The lowest BCUT2D eigenvalue weighted by molar-refractivity contribution is 0.110. The van der Waals surface area contributed by atoms with Gasteiger partial charge in [-0.2, -0.15) is 0 Å². The molecule has 2 aromatic rings. The number of rotatable bonds is 8. The Bertz CT molecular complexity index is 723. The normalized spacial score (nSPS) is 13.0. The van der Waals surface area contributed by atoms with Crippen LogP contribution in [0.15, 0.2) is 41.3 Å². The van der Waals surface area contributed by atoms with Gasteiger partial charge in [0.25, 0.3) is 0 Å². The molecule has 0 saturated carbocycles. The fraction of sp³-hybridized carbons (Fsp3) is 0.375. The van der Waals surface area contributed by atoms with Crippen LogP contribution in [0.5, 0.6) is 5.75 Å². The van der Waals surface area contributed by atoms with Crippen LogP contribution in [0.1, 0.15) is 22.8 Å². The van der Waals surface area contributed by atoms with Crippen LogP contribution >= 0.6 is 11.3 Å². The van der Waals surface area contributed by atoms with Gasteiger partial charge in [-0.25, -0.2) is 13.1 Å². The fourth-order valence-electron chi connectivity index (χ4n) is 2.08. The topological polar surface area (TPSA) is 64.6 Å². The van der Waals surface area contributed by atoms with Crippen molar-refractivity contribution >= 4 is 21.4 Å². The summed E-state index contributed by atoms with van der Waals surface area (Å²) in [7, 11) is -2.00. The van der Waals surface area contributed by atoms with E-state index in [2.05, 4.69) is 4.72 Å². The van der Waals surface area contributed by atoms with Crippen molar-refractivity contribution < 1.29 is 17.9 Å². The summed E-state index contributed by atoms with van der Waals surface area (Å²) in [5, 5.41) is 0. The molecule has 0 bridgehead atoms. The maximum atomic E-state index is 12.4. The average Bonchev–Trinajstić information content (AvgIpc) is 2.95. The number of hydrogen-bond acceptors (Lipinski definition) is 5. The summed E-state index contributed by atoms with van der Waals surface area (Å²) in [6, 6.07) is 10.3. The molecule has 0 spiro atoms. The zero-order valence-electron chi connectivity index (χ0n) is 13.4. The molecule has 1 unspecified atom stereocenters. The van der Waals surface area contributed by atoms with Crippen molar-refractivity contribution in [3.63, 3.8) is 0 Å². The molecule has 1 atom stereocenters. The Morgan fingerprint density at radius 2 is 1.87 bits per heavy atom. The third-order valence-electron chi connectivity index (χ3n) is 3.27. The molecule has 0 saturated heterocycles. The second-order valence-corrected chi connectivity index (χ2v) is 8.02. The first-order valence-corrected chi connectivity index (χ1v) is 9.58. The van der Waals surface area contributed by atoms with Crippen molar-refractivity contribution in [3.05, 3.63) is 46.2 Å². The molecule has 0 radical (unpaired) electrons. The van der Waals surface area contributed by atoms with E-state index < -0.39 is 10.0 Å². The SMILES string of the molecule is CCOc1ccc(S(=O)(=O)NCC(OC)c2ccc(C)s2)cc1. The van der Waals surface area contributed by atoms with E-state index in [1.165, 1.54) is 12.1 Å². The molecule has 0 aliphatic rings. The van der Waals surface area contributed by atoms with Crippen molar-refractivity contribution in [2.45, 2.75) is 24.8 Å². The highest BCUT2D eigenvalue weighted by molar-refractivity contribution is 7.89. The van der Waals surface area contributed by atoms with Crippen molar-refractivity contribution in [2.24, 2.45) is 0 Å². The third-order valence-corrected chi connectivity index (χ3v) is 5.80. The van der Waals surface area contributed by atoms with Crippen LogP contribution in [0.4, 0.5) is 0 Å². The van der Waals surface area contributed by atoms with Crippen molar-refractivity contribution in [1.29, 1.82) is 0 Å². The van der Waals surface area contributed by atoms with Gasteiger partial charge < -0.3 is 9.47 Å². The standard InChI is InChI=1S/C16H21NO4S2/c1-4-21-13-6-8-14(9-7-13)23(18,19)17-11-15(20-3)16-10-5-12(2)22-16/h5-10,15,17H,4,11H2,1-3H3. The summed E-state index contributed by atoms with van der Waals surface area (Å²) in [6.45, 7) is 4.61. The Morgan fingerprint density at radius 3 is 2.39 bits per heavy atom. The third kappa shape index (κ3) is 4.78. The molecule has 0 fully saturated rings. The van der Waals surface area contributed by atoms with E-state index in [4.69, 9.17) is 9.47 Å². The largest absolute Gasteiger partial charge is 0.494 e. The highest BCUT2D eigenvalue weighted by Crippen LogP contribution is 2.25. The Morgan fingerprint density at radius 1 is 1.17 bits per heavy atom. The van der Waals surface area contributed by atoms with Gasteiger partial charge in [0.15, 0.2) is 0 Å². The molecular formula is C16H21NO4S2.